The number of rotatable bonds is 8. The molecule has 1 aliphatic heterocycles. The van der Waals surface area contributed by atoms with Gasteiger partial charge in [0.2, 0.25) is 5.88 Å². The summed E-state index contributed by atoms with van der Waals surface area (Å²) in [6.07, 6.45) is 2.72. The van der Waals surface area contributed by atoms with Gasteiger partial charge in [-0.25, -0.2) is 4.98 Å². The SMILES string of the molecule is CCCOc1ncccc1CNC(=NC)NCCN1CCOCC1. The van der Waals surface area contributed by atoms with Gasteiger partial charge in [0.25, 0.3) is 0 Å². The Kier molecular flexibility index (Phi) is 8.34. The van der Waals surface area contributed by atoms with Crippen molar-refractivity contribution < 1.29 is 9.47 Å². The third kappa shape index (κ3) is 6.33. The lowest BCUT2D eigenvalue weighted by molar-refractivity contribution is 0.0389. The number of hydrogen-bond acceptors (Lipinski definition) is 5. The first-order valence-electron chi connectivity index (χ1n) is 8.64. The summed E-state index contributed by atoms with van der Waals surface area (Å²) >= 11 is 0. The maximum atomic E-state index is 5.68. The van der Waals surface area contributed by atoms with Crippen LogP contribution in [0.2, 0.25) is 0 Å². The minimum atomic E-state index is 0.629. The molecule has 7 nitrogen and oxygen atoms in total. The van der Waals surface area contributed by atoms with E-state index in [0.717, 1.165) is 57.3 Å². The molecule has 1 fully saturated rings. The van der Waals surface area contributed by atoms with Crippen molar-refractivity contribution in [3.8, 4) is 5.88 Å². The molecule has 0 saturated carbocycles. The van der Waals surface area contributed by atoms with Crippen LogP contribution in [0.3, 0.4) is 0 Å². The van der Waals surface area contributed by atoms with Crippen molar-refractivity contribution in [1.82, 2.24) is 20.5 Å². The monoisotopic (exact) mass is 335 g/mol. The van der Waals surface area contributed by atoms with Crippen LogP contribution in [0, 0.1) is 0 Å². The van der Waals surface area contributed by atoms with Crippen LogP contribution < -0.4 is 15.4 Å². The van der Waals surface area contributed by atoms with E-state index in [9.17, 15) is 0 Å². The average molecular weight is 335 g/mol. The van der Waals surface area contributed by atoms with Crippen molar-refractivity contribution in [3.63, 3.8) is 0 Å². The van der Waals surface area contributed by atoms with Gasteiger partial charge in [-0.3, -0.25) is 9.89 Å². The van der Waals surface area contributed by atoms with Crippen molar-refractivity contribution in [2.24, 2.45) is 4.99 Å². The fourth-order valence-electron chi connectivity index (χ4n) is 2.44. The summed E-state index contributed by atoms with van der Waals surface area (Å²) in [4.78, 5) is 11.0. The van der Waals surface area contributed by atoms with E-state index in [0.29, 0.717) is 19.0 Å². The molecule has 2 rings (SSSR count). The highest BCUT2D eigenvalue weighted by molar-refractivity contribution is 5.79. The minimum absolute atomic E-state index is 0.629. The molecule has 2 heterocycles. The Balaban J connectivity index is 1.74. The second kappa shape index (κ2) is 10.8. The van der Waals surface area contributed by atoms with Crippen molar-refractivity contribution in [2.45, 2.75) is 19.9 Å². The topological polar surface area (TPSA) is 71.0 Å². The third-order valence-corrected chi connectivity index (χ3v) is 3.79. The molecule has 134 valence electrons. The summed E-state index contributed by atoms with van der Waals surface area (Å²) in [5.74, 6) is 1.48. The number of guanidine groups is 1. The molecule has 1 aromatic heterocycles. The molecule has 1 aromatic rings. The first-order chi connectivity index (χ1) is 11.8. The normalized spacial score (nSPS) is 16.0. The third-order valence-electron chi connectivity index (χ3n) is 3.79. The molecule has 0 atom stereocenters. The maximum absolute atomic E-state index is 5.68. The van der Waals surface area contributed by atoms with Crippen molar-refractivity contribution >= 4 is 5.96 Å². The zero-order valence-corrected chi connectivity index (χ0v) is 14.8. The van der Waals surface area contributed by atoms with Crippen molar-refractivity contribution in [3.05, 3.63) is 23.9 Å². The molecular formula is C17H29N5O2. The van der Waals surface area contributed by atoms with Gasteiger partial charge in [0.15, 0.2) is 5.96 Å². The van der Waals surface area contributed by atoms with Crippen LogP contribution in [0.5, 0.6) is 5.88 Å². The summed E-state index contributed by atoms with van der Waals surface area (Å²) in [7, 11) is 1.78. The van der Waals surface area contributed by atoms with Crippen LogP contribution in [0.25, 0.3) is 0 Å². The number of hydrogen-bond donors (Lipinski definition) is 2. The second-order valence-electron chi connectivity index (χ2n) is 5.62. The predicted octanol–water partition coefficient (Wildman–Crippen LogP) is 0.868. The quantitative estimate of drug-likeness (QED) is 0.543. The highest BCUT2D eigenvalue weighted by Crippen LogP contribution is 2.14. The standard InChI is InChI=1S/C17H29N5O2/c1-3-11-24-16-15(5-4-6-19-16)14-21-17(18-2)20-7-8-22-9-12-23-13-10-22/h4-6H,3,7-14H2,1-2H3,(H2,18,20,21). The maximum Gasteiger partial charge on any atom is 0.218 e. The molecule has 7 heteroatoms. The smallest absolute Gasteiger partial charge is 0.218 e. The number of nitrogens with one attached hydrogen (secondary N) is 2. The lowest BCUT2D eigenvalue weighted by Gasteiger charge is -2.26. The van der Waals surface area contributed by atoms with Gasteiger partial charge in [-0.15, -0.1) is 0 Å². The average Bonchev–Trinajstić information content (AvgIpc) is 2.64. The molecule has 1 saturated heterocycles. The van der Waals surface area contributed by atoms with E-state index in [1.54, 1.807) is 13.2 Å². The Morgan fingerprint density at radius 2 is 2.21 bits per heavy atom. The van der Waals surface area contributed by atoms with E-state index in [1.165, 1.54) is 0 Å². The molecule has 24 heavy (non-hydrogen) atoms. The van der Waals surface area contributed by atoms with Crippen LogP contribution in [0.4, 0.5) is 0 Å². The van der Waals surface area contributed by atoms with E-state index < -0.39 is 0 Å². The summed E-state index contributed by atoms with van der Waals surface area (Å²) in [5, 5.41) is 6.66. The number of aliphatic imine (C=N–C) groups is 1. The molecule has 2 N–H and O–H groups in total. The van der Waals surface area contributed by atoms with E-state index >= 15 is 0 Å². The molecule has 0 bridgehead atoms. The summed E-state index contributed by atoms with van der Waals surface area (Å²) in [6.45, 7) is 8.89. The van der Waals surface area contributed by atoms with Gasteiger partial charge in [-0.2, -0.15) is 0 Å². The molecule has 0 aliphatic carbocycles. The fraction of sp³-hybridized carbons (Fsp3) is 0.647. The van der Waals surface area contributed by atoms with Crippen molar-refractivity contribution in [1.29, 1.82) is 0 Å². The highest BCUT2D eigenvalue weighted by atomic mass is 16.5. The Bertz CT molecular complexity index is 504. The Morgan fingerprint density at radius 1 is 1.38 bits per heavy atom. The van der Waals surface area contributed by atoms with Gasteiger partial charge in [-0.05, 0) is 12.5 Å². The molecule has 0 unspecified atom stereocenters. The van der Waals surface area contributed by atoms with Crippen LogP contribution in [-0.2, 0) is 11.3 Å². The Morgan fingerprint density at radius 3 is 2.96 bits per heavy atom. The van der Waals surface area contributed by atoms with Gasteiger partial charge in [0, 0.05) is 51.5 Å². The molecular weight excluding hydrogens is 306 g/mol. The van der Waals surface area contributed by atoms with Gasteiger partial charge in [-0.1, -0.05) is 13.0 Å². The zero-order chi connectivity index (χ0) is 17.0. The van der Waals surface area contributed by atoms with Gasteiger partial charge >= 0.3 is 0 Å². The summed E-state index contributed by atoms with van der Waals surface area (Å²) in [5.41, 5.74) is 1.03. The predicted molar refractivity (Wildman–Crippen MR) is 95.5 cm³/mol. The number of nitrogens with zero attached hydrogens (tertiary/aromatic N) is 3. The Labute approximate surface area is 144 Å². The van der Waals surface area contributed by atoms with Gasteiger partial charge < -0.3 is 20.1 Å². The minimum Gasteiger partial charge on any atom is -0.477 e. The van der Waals surface area contributed by atoms with E-state index in [1.807, 2.05) is 12.1 Å². The lowest BCUT2D eigenvalue weighted by atomic mass is 10.2. The zero-order valence-electron chi connectivity index (χ0n) is 14.8. The molecule has 0 spiro atoms. The summed E-state index contributed by atoms with van der Waals surface area (Å²) < 4.78 is 11.0. The first kappa shape index (κ1) is 18.5. The van der Waals surface area contributed by atoms with Crippen LogP contribution in [-0.4, -0.2) is 68.9 Å². The van der Waals surface area contributed by atoms with Gasteiger partial charge in [0.1, 0.15) is 0 Å². The number of ether oxygens (including phenoxy) is 2. The first-order valence-corrected chi connectivity index (χ1v) is 8.64. The summed E-state index contributed by atoms with van der Waals surface area (Å²) in [6, 6.07) is 3.94. The number of morpholine rings is 1. The van der Waals surface area contributed by atoms with E-state index in [-0.39, 0.29) is 0 Å². The largest absolute Gasteiger partial charge is 0.477 e. The van der Waals surface area contributed by atoms with Crippen LogP contribution in [0.1, 0.15) is 18.9 Å². The van der Waals surface area contributed by atoms with E-state index in [4.69, 9.17) is 9.47 Å². The van der Waals surface area contributed by atoms with Crippen LogP contribution in [0.15, 0.2) is 23.3 Å². The fourth-order valence-corrected chi connectivity index (χ4v) is 2.44. The molecule has 0 radical (unpaired) electrons. The molecule has 0 aromatic carbocycles. The number of pyridine rings is 1. The van der Waals surface area contributed by atoms with Crippen molar-refractivity contribution in [2.75, 3.05) is 53.0 Å². The van der Waals surface area contributed by atoms with E-state index in [2.05, 4.69) is 32.4 Å². The molecule has 1 aliphatic rings. The van der Waals surface area contributed by atoms with Gasteiger partial charge in [0.05, 0.1) is 19.8 Å². The highest BCUT2D eigenvalue weighted by Gasteiger charge is 2.10. The Hall–Kier alpha value is -1.86. The second-order valence-corrected chi connectivity index (χ2v) is 5.62. The van der Waals surface area contributed by atoms with Crippen LogP contribution >= 0.6 is 0 Å². The molecule has 0 amide bonds. The number of aromatic nitrogens is 1. The lowest BCUT2D eigenvalue weighted by Crippen LogP contribution is -2.44.